The lowest BCUT2D eigenvalue weighted by molar-refractivity contribution is 0.0102. The number of rotatable bonds is 14. The van der Waals surface area contributed by atoms with E-state index >= 15 is 0 Å². The van der Waals surface area contributed by atoms with Gasteiger partial charge in [-0.05, 0) is 302 Å². The van der Waals surface area contributed by atoms with Gasteiger partial charge in [-0.25, -0.2) is 4.79 Å². The molecule has 10 unspecified atom stereocenters. The summed E-state index contributed by atoms with van der Waals surface area (Å²) in [6.45, 7) is 43.2. The van der Waals surface area contributed by atoms with Gasteiger partial charge >= 0.3 is 5.97 Å². The van der Waals surface area contributed by atoms with Crippen LogP contribution in [0.2, 0.25) is 0 Å². The maximum Gasteiger partial charge on any atom is 0.339 e. The maximum atomic E-state index is 11.9. The van der Waals surface area contributed by atoms with Crippen molar-refractivity contribution in [2.24, 2.45) is 29.6 Å². The van der Waals surface area contributed by atoms with E-state index in [2.05, 4.69) is 180 Å². The zero-order valence-electron chi connectivity index (χ0n) is 71.3. The second-order valence-electron chi connectivity index (χ2n) is 37.5. The molecule has 5 aromatic rings. The second-order valence-corrected chi connectivity index (χ2v) is 37.5. The number of aromatic hydroxyl groups is 5. The fraction of sp³-hybridized carbons (Fsp3) is 0.606. The van der Waals surface area contributed by atoms with Gasteiger partial charge in [0.15, 0.2) is 0 Å². The number of ether oxygens (including phenoxy) is 5. The Hall–Kier alpha value is -7.73. The largest absolute Gasteiger partial charge is 0.507 e. The molecule has 5 heterocycles. The molecule has 0 saturated carbocycles. The van der Waals surface area contributed by atoms with Crippen molar-refractivity contribution < 1.29 is 59.1 Å². The molecule has 5 aliphatic heterocycles. The van der Waals surface area contributed by atoms with Crippen LogP contribution in [0, 0.1) is 36.5 Å². The van der Waals surface area contributed by atoms with Gasteiger partial charge in [-0.15, -0.1) is 0 Å². The van der Waals surface area contributed by atoms with E-state index in [1.54, 1.807) is 0 Å². The van der Waals surface area contributed by atoms with E-state index in [1.165, 1.54) is 63.8 Å². The van der Waals surface area contributed by atoms with Crippen molar-refractivity contribution in [2.75, 3.05) is 0 Å². The van der Waals surface area contributed by atoms with Crippen LogP contribution in [0.15, 0.2) is 113 Å². The molecule has 0 fully saturated rings. The first kappa shape index (κ1) is 97.1. The minimum atomic E-state index is -1.06. The molecule has 0 spiro atoms. The number of carbonyl (C=O) groups is 1. The van der Waals surface area contributed by atoms with Crippen LogP contribution in [0.3, 0.4) is 0 Å². The van der Waals surface area contributed by atoms with Gasteiger partial charge in [-0.2, -0.15) is 0 Å². The number of carboxylic acids is 1. The van der Waals surface area contributed by atoms with Gasteiger partial charge in [0, 0.05) is 87.0 Å². The minimum Gasteiger partial charge on any atom is -0.507 e. The predicted molar refractivity (Wildman–Crippen MR) is 485 cm³/mol. The number of benzene rings is 5. The van der Waals surface area contributed by atoms with Crippen molar-refractivity contribution in [2.45, 2.75) is 381 Å². The predicted octanol–water partition coefficient (Wildman–Crippen LogP) is 29.0. The first-order valence-corrected chi connectivity index (χ1v) is 42.7. The molecule has 12 heteroatoms. The SMILES string of the molecule is C.C.C.C.C.CC1=CC2c3c(O)cc(C)cc3OC(C)(C)C2CC1.CCCCCc1cc(O)c2c(c1)OC(C)(C)C1CCC(C)=CC21.CCCCCc1cc2c(c(O)c1C(=O)O)C1C=C(C)CCC1C(C)(C)O2.CCCCc1cc(O)c2c(c1)OC(C)(C)C1CCC(C)=CC21.CCCc1cc(O)c2c(c1)OC(C)(C)C1CCC(C)=CC21. The molecule has 5 aliphatic carbocycles. The number of unbranched alkanes of at least 4 members (excludes halogenated alkanes) is 5. The second kappa shape index (κ2) is 39.4. The Balaban J connectivity index is 0.000000224. The van der Waals surface area contributed by atoms with Crippen molar-refractivity contribution in [3.63, 3.8) is 0 Å². The molecule has 12 nitrogen and oxygen atoms in total. The molecule has 0 radical (unpaired) electrons. The fourth-order valence-electron chi connectivity index (χ4n) is 20.7. The highest BCUT2D eigenvalue weighted by molar-refractivity contribution is 5.94. The number of phenols is 5. The van der Waals surface area contributed by atoms with Crippen LogP contribution in [0.5, 0.6) is 57.5 Å². The first-order chi connectivity index (χ1) is 52.4. The summed E-state index contributed by atoms with van der Waals surface area (Å²) in [4.78, 5) is 11.9. The van der Waals surface area contributed by atoms with E-state index in [4.69, 9.17) is 23.7 Å². The summed E-state index contributed by atoms with van der Waals surface area (Å²) in [6, 6.07) is 18.0. The molecule has 10 aliphatic rings. The van der Waals surface area contributed by atoms with E-state index in [0.717, 1.165) is 173 Å². The number of fused-ring (bicyclic) bond motifs is 15. The van der Waals surface area contributed by atoms with Crippen LogP contribution in [-0.2, 0) is 25.7 Å². The van der Waals surface area contributed by atoms with E-state index in [9.17, 15) is 35.4 Å². The lowest BCUT2D eigenvalue weighted by Gasteiger charge is -2.46. The Morgan fingerprint density at radius 1 is 0.336 bits per heavy atom. The first-order valence-electron chi connectivity index (χ1n) is 42.7. The number of aryl methyl sites for hydroxylation is 5. The van der Waals surface area contributed by atoms with E-state index in [-0.39, 0.29) is 112 Å². The summed E-state index contributed by atoms with van der Waals surface area (Å²) in [5, 5.41) is 62.9. The number of allylic oxidation sites excluding steroid dienone is 10. The summed E-state index contributed by atoms with van der Waals surface area (Å²) in [6.07, 6.45) is 36.3. The summed E-state index contributed by atoms with van der Waals surface area (Å²) >= 11 is 0. The molecule has 0 amide bonds. The summed E-state index contributed by atoms with van der Waals surface area (Å²) in [5.74, 6) is 7.79. The Kier molecular flexibility index (Phi) is 33.0. The van der Waals surface area contributed by atoms with Crippen LogP contribution >= 0.6 is 0 Å². The molecular formula is C104H156O12. The van der Waals surface area contributed by atoms with Gasteiger partial charge in [0.1, 0.15) is 91.1 Å². The van der Waals surface area contributed by atoms with E-state index < -0.39 is 5.97 Å². The third-order valence-electron chi connectivity index (χ3n) is 26.6. The highest BCUT2D eigenvalue weighted by atomic mass is 16.5. The Morgan fingerprint density at radius 3 is 0.905 bits per heavy atom. The maximum absolute atomic E-state index is 11.9. The monoisotopic (exact) mass is 1600 g/mol. The molecule has 15 rings (SSSR count). The van der Waals surface area contributed by atoms with Crippen molar-refractivity contribution >= 4 is 5.97 Å². The van der Waals surface area contributed by atoms with Crippen LogP contribution in [0.4, 0.5) is 0 Å². The zero-order chi connectivity index (χ0) is 80.6. The summed E-state index contributed by atoms with van der Waals surface area (Å²) in [7, 11) is 0. The van der Waals surface area contributed by atoms with Gasteiger partial charge in [-0.1, -0.05) is 162 Å². The number of aromatic carboxylic acids is 1. The molecular weight excluding hydrogens is 1440 g/mol. The average molecular weight is 1600 g/mol. The molecule has 0 aromatic heterocycles. The fourth-order valence-corrected chi connectivity index (χ4v) is 20.7. The van der Waals surface area contributed by atoms with Crippen molar-refractivity contribution in [1.82, 2.24) is 0 Å². The number of phenolic OH excluding ortho intramolecular Hbond substituents is 4. The molecule has 116 heavy (non-hydrogen) atoms. The molecule has 10 atom stereocenters. The van der Waals surface area contributed by atoms with Gasteiger partial charge in [-0.3, -0.25) is 0 Å². The topological polar surface area (TPSA) is 185 Å². The summed E-state index contributed by atoms with van der Waals surface area (Å²) in [5.41, 5.74) is 15.9. The molecule has 0 saturated heterocycles. The lowest BCUT2D eigenvalue weighted by Crippen LogP contribution is -2.45. The highest BCUT2D eigenvalue weighted by Crippen LogP contribution is 2.60. The van der Waals surface area contributed by atoms with Gasteiger partial charge < -0.3 is 54.3 Å². The standard InChI is InChI=1S/C22H30O4.C21H30O2.C20H28O2.C19H26O2.C17H22O2.5CH4/c1-5-6-7-8-14-12-17-19(20(23)18(14)21(24)25)15-11-13(2)9-10-16(15)22(3,4)26-17;1-5-6-7-8-15-12-18(22)20-16-11-14(2)9-10-17(16)21(3,4)23-19(20)13-15;1-5-6-7-14-11-17(21)19-15-10-13(2)8-9-16(15)20(3,4)22-18(19)12-14;1-5-6-13-10-16(20)18-14-9-12(2)7-8-15(14)19(3,4)21-17(18)11-13;1-10-5-6-13-12(7-10)16-14(18)8-11(2)9-15(16)19-17(13,3)4;;;;;/h11-12,15-16,23H,5-10H2,1-4H3,(H,24,25);11-13,16-17,22H,5-10H2,1-4H3;10-12,15-16,21H,5-9H2,1-4H3;9-11,14-15,20H,5-8H2,1-4H3;7-9,12-13,18H,5-6H2,1-4H3;5*1H4. The summed E-state index contributed by atoms with van der Waals surface area (Å²) < 4.78 is 31.5. The van der Waals surface area contributed by atoms with Crippen LogP contribution < -0.4 is 23.7 Å². The Morgan fingerprint density at radius 2 is 0.603 bits per heavy atom. The normalized spacial score (nSPS) is 24.5. The van der Waals surface area contributed by atoms with Crippen LogP contribution in [0.25, 0.3) is 0 Å². The minimum absolute atomic E-state index is 0. The van der Waals surface area contributed by atoms with Crippen LogP contribution in [0.1, 0.15) is 386 Å². The van der Waals surface area contributed by atoms with Gasteiger partial charge in [0.05, 0.1) is 0 Å². The van der Waals surface area contributed by atoms with E-state index in [0.29, 0.717) is 70.0 Å². The van der Waals surface area contributed by atoms with Gasteiger partial charge in [0.2, 0.25) is 0 Å². The zero-order valence-corrected chi connectivity index (χ0v) is 71.3. The molecule has 6 N–H and O–H groups in total. The molecule has 644 valence electrons. The molecule has 5 aromatic carbocycles. The average Bonchev–Trinajstić information content (AvgIpc) is 0.741. The number of carboxylic acid groups (broad SMARTS) is 1. The number of hydrogen-bond donors (Lipinski definition) is 6. The Labute approximate surface area is 703 Å². The van der Waals surface area contributed by atoms with Crippen LogP contribution in [-0.4, -0.2) is 64.6 Å². The van der Waals surface area contributed by atoms with Crippen molar-refractivity contribution in [3.8, 4) is 57.5 Å². The van der Waals surface area contributed by atoms with Crippen molar-refractivity contribution in [1.29, 1.82) is 0 Å². The highest BCUT2D eigenvalue weighted by Gasteiger charge is 2.51. The smallest absolute Gasteiger partial charge is 0.339 e. The van der Waals surface area contributed by atoms with Crippen molar-refractivity contribution in [3.05, 3.63) is 174 Å². The Bertz CT molecular complexity index is 4370. The van der Waals surface area contributed by atoms with Gasteiger partial charge in [0.25, 0.3) is 0 Å². The van der Waals surface area contributed by atoms with E-state index in [1.807, 2.05) is 43.3 Å². The third kappa shape index (κ3) is 20.9. The third-order valence-corrected chi connectivity index (χ3v) is 26.6. The quantitative estimate of drug-likeness (QED) is 0.0457. The number of hydrogen-bond acceptors (Lipinski definition) is 11. The molecule has 0 bridgehead atoms. The lowest BCUT2D eigenvalue weighted by atomic mass is 9.67.